The van der Waals surface area contributed by atoms with Crippen molar-refractivity contribution in [2.75, 3.05) is 28.4 Å². The lowest BCUT2D eigenvalue weighted by Crippen LogP contribution is -2.69. The molecule has 0 heterocycles. The van der Waals surface area contributed by atoms with E-state index in [9.17, 15) is 9.59 Å². The van der Waals surface area contributed by atoms with Crippen LogP contribution in [-0.2, 0) is 28.5 Å². The number of rotatable bonds is 5. The molecule has 1 fully saturated rings. The van der Waals surface area contributed by atoms with Crippen LogP contribution in [0.5, 0.6) is 0 Å². The number of ether oxygens (including phenoxy) is 4. The van der Waals surface area contributed by atoms with Gasteiger partial charge in [0.15, 0.2) is 5.60 Å². The Morgan fingerprint density at radius 1 is 1.29 bits per heavy atom. The minimum Gasteiger partial charge on any atom is -0.466 e. The average Bonchev–Trinajstić information content (AvgIpc) is 2.54. The molecule has 0 aromatic rings. The smallest absolute Gasteiger partial charge is 0.334 e. The lowest BCUT2D eigenvalue weighted by molar-refractivity contribution is -0.257. The van der Waals surface area contributed by atoms with Crippen molar-refractivity contribution in [1.82, 2.24) is 0 Å². The first-order valence-corrected chi connectivity index (χ1v) is 6.61. The number of hydrogen-bond donors (Lipinski definition) is 0. The number of carbonyl (C=O) groups is 2. The third-order valence-electron chi connectivity index (χ3n) is 4.57. The van der Waals surface area contributed by atoms with Gasteiger partial charge < -0.3 is 18.9 Å². The second-order valence-corrected chi connectivity index (χ2v) is 5.12. The zero-order valence-electron chi connectivity index (χ0n) is 12.7. The van der Waals surface area contributed by atoms with Crippen molar-refractivity contribution >= 4 is 11.8 Å². The summed E-state index contributed by atoms with van der Waals surface area (Å²) in [5, 5.41) is 0. The highest BCUT2D eigenvalue weighted by molar-refractivity contribution is 6.04. The molecule has 3 rings (SSSR count). The molecule has 3 atom stereocenters. The molecule has 6 heteroatoms. The fourth-order valence-electron chi connectivity index (χ4n) is 3.47. The molecule has 0 saturated heterocycles. The van der Waals surface area contributed by atoms with Crippen LogP contribution in [0.2, 0.25) is 0 Å². The Labute approximate surface area is 123 Å². The van der Waals surface area contributed by atoms with Crippen LogP contribution in [0.3, 0.4) is 0 Å². The highest BCUT2D eigenvalue weighted by Gasteiger charge is 2.67. The summed E-state index contributed by atoms with van der Waals surface area (Å²) in [6.07, 6.45) is 3.64. The first kappa shape index (κ1) is 15.9. The molecule has 3 aliphatic rings. The highest BCUT2D eigenvalue weighted by Crippen LogP contribution is 2.53. The number of hydrogen-bond acceptors (Lipinski definition) is 6. The Hall–Kier alpha value is -1.50. The molecular formula is C15H20O6. The van der Waals surface area contributed by atoms with Gasteiger partial charge in [0.2, 0.25) is 11.6 Å². The van der Waals surface area contributed by atoms with Crippen molar-refractivity contribution in [3.8, 4) is 0 Å². The molecule has 0 aromatic carbocycles. The van der Waals surface area contributed by atoms with Crippen LogP contribution in [0.4, 0.5) is 0 Å². The molecular weight excluding hydrogens is 276 g/mol. The van der Waals surface area contributed by atoms with Gasteiger partial charge in [-0.3, -0.25) is 4.79 Å². The van der Waals surface area contributed by atoms with Gasteiger partial charge in [-0.15, -0.1) is 6.58 Å². The predicted molar refractivity (Wildman–Crippen MR) is 73.4 cm³/mol. The van der Waals surface area contributed by atoms with Crippen LogP contribution in [0.15, 0.2) is 24.3 Å². The normalized spacial score (nSPS) is 33.5. The van der Waals surface area contributed by atoms with Crippen LogP contribution >= 0.6 is 0 Å². The van der Waals surface area contributed by atoms with Gasteiger partial charge >= 0.3 is 5.97 Å². The van der Waals surface area contributed by atoms with E-state index in [4.69, 9.17) is 18.9 Å². The molecule has 116 valence electrons. The molecule has 0 spiro atoms. The van der Waals surface area contributed by atoms with Crippen LogP contribution in [-0.4, -0.2) is 51.6 Å². The minimum absolute atomic E-state index is 0.258. The third-order valence-corrected chi connectivity index (χ3v) is 4.57. The van der Waals surface area contributed by atoms with Crippen LogP contribution in [0.1, 0.15) is 6.42 Å². The van der Waals surface area contributed by atoms with Crippen molar-refractivity contribution in [1.29, 1.82) is 0 Å². The number of fused-ring (bicyclic) bond motifs is 2. The molecule has 0 N–H and O–H groups in total. The monoisotopic (exact) mass is 296 g/mol. The van der Waals surface area contributed by atoms with Gasteiger partial charge in [0.05, 0.1) is 13.0 Å². The Balaban J connectivity index is 2.69. The molecule has 0 radical (unpaired) electrons. The fourth-order valence-corrected chi connectivity index (χ4v) is 3.47. The Morgan fingerprint density at radius 2 is 1.90 bits per heavy atom. The van der Waals surface area contributed by atoms with Crippen LogP contribution in [0, 0.1) is 11.8 Å². The van der Waals surface area contributed by atoms with E-state index in [0.717, 1.165) is 0 Å². The maximum absolute atomic E-state index is 12.9. The van der Waals surface area contributed by atoms with Gasteiger partial charge in [0.25, 0.3) is 0 Å². The molecule has 0 aromatic heterocycles. The number of Topliss-reactive ketones (excluding diaryl/α,β-unsaturated/α-hetero) is 1. The van der Waals surface area contributed by atoms with Crippen LogP contribution in [0.25, 0.3) is 0 Å². The van der Waals surface area contributed by atoms with E-state index in [1.807, 2.05) is 0 Å². The summed E-state index contributed by atoms with van der Waals surface area (Å²) in [6.45, 7) is 3.76. The van der Waals surface area contributed by atoms with Gasteiger partial charge in [0, 0.05) is 32.8 Å². The average molecular weight is 296 g/mol. The van der Waals surface area contributed by atoms with Crippen molar-refractivity contribution in [3.63, 3.8) is 0 Å². The maximum atomic E-state index is 12.9. The highest BCUT2D eigenvalue weighted by atomic mass is 16.7. The quantitative estimate of drug-likeness (QED) is 0.426. The van der Waals surface area contributed by atoms with Gasteiger partial charge in [-0.25, -0.2) is 4.79 Å². The maximum Gasteiger partial charge on any atom is 0.334 e. The zero-order chi connectivity index (χ0) is 15.8. The number of methoxy groups -OCH3 is 4. The summed E-state index contributed by atoms with van der Waals surface area (Å²) >= 11 is 0. The molecule has 1 saturated carbocycles. The SMILES string of the molecule is C=C[C@@H]1C[C@@H]2C(C(=O)OC)=C[C@@]1(OC)C(=O)C2(OC)OC. The number of esters is 1. The summed E-state index contributed by atoms with van der Waals surface area (Å²) in [5.41, 5.74) is -0.993. The van der Waals surface area contributed by atoms with E-state index in [2.05, 4.69) is 6.58 Å². The Morgan fingerprint density at radius 3 is 2.33 bits per heavy atom. The third kappa shape index (κ3) is 1.83. The first-order chi connectivity index (χ1) is 9.97. The molecule has 6 nitrogen and oxygen atoms in total. The van der Waals surface area contributed by atoms with Gasteiger partial charge in [-0.05, 0) is 12.5 Å². The van der Waals surface area contributed by atoms with Crippen molar-refractivity contribution in [3.05, 3.63) is 24.3 Å². The summed E-state index contributed by atoms with van der Waals surface area (Å²) < 4.78 is 21.1. The fraction of sp³-hybridized carbons (Fsp3) is 0.600. The summed E-state index contributed by atoms with van der Waals surface area (Å²) in [4.78, 5) is 25.0. The Bertz CT molecular complexity index is 504. The molecule has 0 unspecified atom stereocenters. The van der Waals surface area contributed by atoms with E-state index in [1.54, 1.807) is 6.08 Å². The van der Waals surface area contributed by atoms with E-state index in [1.165, 1.54) is 34.5 Å². The lowest BCUT2D eigenvalue weighted by atomic mass is 9.58. The second-order valence-electron chi connectivity index (χ2n) is 5.12. The second kappa shape index (κ2) is 5.36. The Kier molecular flexibility index (Phi) is 4.06. The zero-order valence-corrected chi connectivity index (χ0v) is 12.7. The molecule has 0 aliphatic heterocycles. The molecule has 3 aliphatic carbocycles. The standard InChI is InChI=1S/C15H20O6/c1-6-9-7-11-10(12(16)18-2)8-14(9,19-3)13(17)15(11,20-4)21-5/h6,8-9,11H,1,7H2,2-5H3/t9-,11-,14+/m1/s1. The topological polar surface area (TPSA) is 71.1 Å². The van der Waals surface area contributed by atoms with Crippen molar-refractivity contribution in [2.24, 2.45) is 11.8 Å². The number of ketones is 1. The summed E-state index contributed by atoms with van der Waals surface area (Å²) in [5.74, 6) is -3.25. The van der Waals surface area contributed by atoms with E-state index in [0.29, 0.717) is 12.0 Å². The van der Waals surface area contributed by atoms with E-state index >= 15 is 0 Å². The predicted octanol–water partition coefficient (Wildman–Crippen LogP) is 0.865. The van der Waals surface area contributed by atoms with Crippen LogP contribution < -0.4 is 0 Å². The van der Waals surface area contributed by atoms with Crippen molar-refractivity contribution < 1.29 is 28.5 Å². The van der Waals surface area contributed by atoms with Gasteiger partial charge in [-0.2, -0.15) is 0 Å². The molecule has 2 bridgehead atoms. The summed E-state index contributed by atoms with van der Waals surface area (Å²) in [7, 11) is 5.47. The lowest BCUT2D eigenvalue weighted by Gasteiger charge is -2.54. The van der Waals surface area contributed by atoms with E-state index in [-0.39, 0.29) is 11.7 Å². The first-order valence-electron chi connectivity index (χ1n) is 6.61. The van der Waals surface area contributed by atoms with Gasteiger partial charge in [-0.1, -0.05) is 6.08 Å². The minimum atomic E-state index is -1.55. The van der Waals surface area contributed by atoms with Gasteiger partial charge in [0.1, 0.15) is 0 Å². The molecule has 0 amide bonds. The number of carbonyl (C=O) groups excluding carboxylic acids is 2. The summed E-state index contributed by atoms with van der Waals surface area (Å²) in [6, 6.07) is 0. The largest absolute Gasteiger partial charge is 0.466 e. The molecule has 21 heavy (non-hydrogen) atoms. The van der Waals surface area contributed by atoms with Crippen molar-refractivity contribution in [2.45, 2.75) is 17.8 Å². The van der Waals surface area contributed by atoms with E-state index < -0.39 is 23.3 Å².